The largest absolute Gasteiger partial charge is 0.295 e. The SMILES string of the molecule is CC.Cc1cc(C2CC2)c(/C=C\C2(C)CC2)cc1CC(CC(=O)/C=C/c1ccccc1)C(C)(C)C1CCC1. The van der Waals surface area contributed by atoms with Gasteiger partial charge in [-0.25, -0.2) is 0 Å². The van der Waals surface area contributed by atoms with Crippen LogP contribution in [0.2, 0.25) is 0 Å². The Morgan fingerprint density at radius 3 is 2.29 bits per heavy atom. The highest BCUT2D eigenvalue weighted by atomic mass is 16.1. The van der Waals surface area contributed by atoms with Crippen LogP contribution in [-0.2, 0) is 11.2 Å². The lowest BCUT2D eigenvalue weighted by Crippen LogP contribution is -2.38. The summed E-state index contributed by atoms with van der Waals surface area (Å²) in [4.78, 5) is 13.2. The van der Waals surface area contributed by atoms with Crippen molar-refractivity contribution in [3.05, 3.63) is 82.4 Å². The van der Waals surface area contributed by atoms with Gasteiger partial charge < -0.3 is 0 Å². The van der Waals surface area contributed by atoms with Gasteiger partial charge in [-0.1, -0.05) is 102 Å². The van der Waals surface area contributed by atoms with Crippen molar-refractivity contribution in [2.45, 2.75) is 105 Å². The molecule has 5 rings (SSSR count). The van der Waals surface area contributed by atoms with E-state index >= 15 is 0 Å². The zero-order valence-electron chi connectivity index (χ0n) is 24.9. The van der Waals surface area contributed by atoms with Crippen LogP contribution in [0.5, 0.6) is 0 Å². The third-order valence-electron chi connectivity index (χ3n) is 9.65. The molecular weight excluding hydrogens is 460 g/mol. The van der Waals surface area contributed by atoms with E-state index in [2.05, 4.69) is 64.1 Å². The van der Waals surface area contributed by atoms with Gasteiger partial charge in [0, 0.05) is 6.42 Å². The maximum atomic E-state index is 13.2. The summed E-state index contributed by atoms with van der Waals surface area (Å²) >= 11 is 0. The van der Waals surface area contributed by atoms with Crippen LogP contribution in [0, 0.1) is 29.6 Å². The highest BCUT2D eigenvalue weighted by Gasteiger charge is 2.41. The van der Waals surface area contributed by atoms with Gasteiger partial charge in [0.25, 0.3) is 0 Å². The number of benzene rings is 2. The van der Waals surface area contributed by atoms with Gasteiger partial charge in [0.1, 0.15) is 0 Å². The summed E-state index contributed by atoms with van der Waals surface area (Å²) in [5.41, 5.74) is 7.50. The molecule has 3 aliphatic carbocycles. The van der Waals surface area contributed by atoms with Crippen LogP contribution < -0.4 is 0 Å². The standard InChI is InChI=1S/C35H44O.C2H6/c1-25-21-33(27-14-15-27)28(17-18-35(4)19-20-35)22-29(25)23-31(34(2,3)30-11-8-12-30)24-32(36)16-13-26-9-6-5-7-10-26;1-2/h5-7,9-10,13,16-18,21-22,27,30-31H,8,11-12,14-15,19-20,23-24H2,1-4H3;1-2H3/b16-13+,18-17-;. The minimum atomic E-state index is 0.160. The summed E-state index contributed by atoms with van der Waals surface area (Å²) in [6.07, 6.45) is 19.5. The second kappa shape index (κ2) is 12.2. The van der Waals surface area contributed by atoms with Crippen molar-refractivity contribution in [3.63, 3.8) is 0 Å². The predicted molar refractivity (Wildman–Crippen MR) is 164 cm³/mol. The molecule has 1 heteroatoms. The van der Waals surface area contributed by atoms with E-state index in [1.54, 1.807) is 5.56 Å². The molecular formula is C37H50O. The summed E-state index contributed by atoms with van der Waals surface area (Å²) in [6, 6.07) is 15.1. The zero-order valence-corrected chi connectivity index (χ0v) is 24.9. The molecule has 1 unspecified atom stereocenters. The first kappa shape index (κ1) is 28.6. The molecule has 1 nitrogen and oxygen atoms in total. The molecule has 0 aliphatic heterocycles. The molecule has 0 N–H and O–H groups in total. The van der Waals surface area contributed by atoms with Crippen LogP contribution in [0.1, 0.15) is 120 Å². The molecule has 204 valence electrons. The fraction of sp³-hybridized carbons (Fsp3) is 0.541. The van der Waals surface area contributed by atoms with Gasteiger partial charge in [-0.2, -0.15) is 0 Å². The van der Waals surface area contributed by atoms with Crippen LogP contribution in [-0.4, -0.2) is 5.78 Å². The third-order valence-corrected chi connectivity index (χ3v) is 9.65. The molecule has 0 saturated heterocycles. The molecule has 1 atom stereocenters. The molecule has 3 aliphatic rings. The lowest BCUT2D eigenvalue weighted by Gasteiger charge is -2.46. The Labute approximate surface area is 232 Å². The van der Waals surface area contributed by atoms with Crippen LogP contribution in [0.4, 0.5) is 0 Å². The number of aryl methyl sites for hydroxylation is 1. The third kappa shape index (κ3) is 7.16. The Morgan fingerprint density at radius 1 is 1.03 bits per heavy atom. The average Bonchev–Trinajstić information content (AvgIpc) is 3.80. The summed E-state index contributed by atoms with van der Waals surface area (Å²) < 4.78 is 0. The van der Waals surface area contributed by atoms with Gasteiger partial charge in [0.05, 0.1) is 0 Å². The maximum Gasteiger partial charge on any atom is 0.156 e. The molecule has 0 heterocycles. The average molecular weight is 511 g/mol. The van der Waals surface area contributed by atoms with Crippen LogP contribution in [0.25, 0.3) is 12.2 Å². The summed E-state index contributed by atoms with van der Waals surface area (Å²) in [6.45, 7) is 13.5. The second-order valence-electron chi connectivity index (χ2n) is 12.9. The van der Waals surface area contributed by atoms with E-state index in [-0.39, 0.29) is 11.2 Å². The highest BCUT2D eigenvalue weighted by molar-refractivity contribution is 5.93. The lowest BCUT2D eigenvalue weighted by atomic mass is 9.59. The van der Waals surface area contributed by atoms with Crippen LogP contribution in [0.15, 0.2) is 54.6 Å². The van der Waals surface area contributed by atoms with E-state index in [0.29, 0.717) is 17.8 Å². The van der Waals surface area contributed by atoms with E-state index in [1.165, 1.54) is 61.6 Å². The van der Waals surface area contributed by atoms with Crippen LogP contribution >= 0.6 is 0 Å². The maximum absolute atomic E-state index is 13.2. The van der Waals surface area contributed by atoms with E-state index in [4.69, 9.17) is 0 Å². The smallest absolute Gasteiger partial charge is 0.156 e. The van der Waals surface area contributed by atoms with E-state index in [0.717, 1.165) is 23.8 Å². The van der Waals surface area contributed by atoms with Gasteiger partial charge in [0.15, 0.2) is 5.78 Å². The summed E-state index contributed by atoms with van der Waals surface area (Å²) in [7, 11) is 0. The van der Waals surface area contributed by atoms with Gasteiger partial charge >= 0.3 is 0 Å². The van der Waals surface area contributed by atoms with E-state index < -0.39 is 0 Å². The van der Waals surface area contributed by atoms with Gasteiger partial charge in [-0.3, -0.25) is 4.79 Å². The number of carbonyl (C=O) groups excluding carboxylic acids is 1. The van der Waals surface area contributed by atoms with E-state index in [9.17, 15) is 4.79 Å². The number of hydrogen-bond acceptors (Lipinski definition) is 1. The molecule has 0 radical (unpaired) electrons. The zero-order chi connectivity index (χ0) is 27.3. The fourth-order valence-corrected chi connectivity index (χ4v) is 5.97. The first-order valence-electron chi connectivity index (χ1n) is 15.3. The topological polar surface area (TPSA) is 17.1 Å². The first-order valence-corrected chi connectivity index (χ1v) is 15.3. The number of carbonyl (C=O) groups is 1. The van der Waals surface area contributed by atoms with Crippen molar-refractivity contribution in [2.24, 2.45) is 22.7 Å². The van der Waals surface area contributed by atoms with Crippen molar-refractivity contribution in [3.8, 4) is 0 Å². The lowest BCUT2D eigenvalue weighted by molar-refractivity contribution is -0.117. The quantitative estimate of drug-likeness (QED) is 0.275. The normalized spacial score (nSPS) is 19.6. The second-order valence-corrected chi connectivity index (χ2v) is 12.9. The minimum absolute atomic E-state index is 0.160. The number of ketones is 1. The predicted octanol–water partition coefficient (Wildman–Crippen LogP) is 10.4. The molecule has 0 bridgehead atoms. The van der Waals surface area contributed by atoms with Crippen molar-refractivity contribution >= 4 is 17.9 Å². The summed E-state index contributed by atoms with van der Waals surface area (Å²) in [5, 5.41) is 0. The van der Waals surface area contributed by atoms with Gasteiger partial charge in [-0.05, 0) is 114 Å². The fourth-order valence-electron chi connectivity index (χ4n) is 5.97. The Balaban J connectivity index is 0.00000164. The molecule has 3 fully saturated rings. The molecule has 3 saturated carbocycles. The molecule has 2 aromatic rings. The van der Waals surface area contributed by atoms with Gasteiger partial charge in [0.2, 0.25) is 0 Å². The van der Waals surface area contributed by atoms with Gasteiger partial charge in [-0.15, -0.1) is 0 Å². The molecule has 0 amide bonds. The summed E-state index contributed by atoms with van der Waals surface area (Å²) in [5.74, 6) is 2.08. The molecule has 0 spiro atoms. The molecule has 2 aromatic carbocycles. The van der Waals surface area contributed by atoms with Crippen LogP contribution in [0.3, 0.4) is 0 Å². The molecule has 38 heavy (non-hydrogen) atoms. The number of hydrogen-bond donors (Lipinski definition) is 0. The number of rotatable bonds is 11. The Morgan fingerprint density at radius 2 is 1.71 bits per heavy atom. The highest BCUT2D eigenvalue weighted by Crippen LogP contribution is 2.50. The van der Waals surface area contributed by atoms with Crippen molar-refractivity contribution < 1.29 is 4.79 Å². The van der Waals surface area contributed by atoms with Crippen molar-refractivity contribution in [1.29, 1.82) is 0 Å². The van der Waals surface area contributed by atoms with Crippen molar-refractivity contribution in [1.82, 2.24) is 0 Å². The monoisotopic (exact) mass is 510 g/mol. The Bertz CT molecular complexity index is 1140. The first-order chi connectivity index (χ1) is 18.2. The van der Waals surface area contributed by atoms with Crippen molar-refractivity contribution in [2.75, 3.05) is 0 Å². The minimum Gasteiger partial charge on any atom is -0.295 e. The Kier molecular flexibility index (Phi) is 9.17. The van der Waals surface area contributed by atoms with E-state index in [1.807, 2.05) is 44.2 Å². The molecule has 0 aromatic heterocycles. The number of allylic oxidation sites excluding steroid dienone is 2. The Hall–Kier alpha value is -2.41.